The second-order valence-corrected chi connectivity index (χ2v) is 9.77. The third-order valence-electron chi connectivity index (χ3n) is 9.18. The number of aliphatic hydroxyl groups is 1. The molecule has 0 aromatic carbocycles. The highest BCUT2D eigenvalue weighted by molar-refractivity contribution is 5.87. The summed E-state index contributed by atoms with van der Waals surface area (Å²) in [5, 5.41) is 10.6. The molecule has 28 heavy (non-hydrogen) atoms. The van der Waals surface area contributed by atoms with Crippen molar-refractivity contribution in [3.05, 3.63) is 0 Å². The van der Waals surface area contributed by atoms with Gasteiger partial charge < -0.3 is 14.6 Å². The fourth-order valence-corrected chi connectivity index (χ4v) is 7.84. The fraction of sp³-hybridized carbons (Fsp3) is 0.958. The lowest BCUT2D eigenvalue weighted by atomic mass is 9.44. The van der Waals surface area contributed by atoms with Gasteiger partial charge in [-0.2, -0.15) is 0 Å². The van der Waals surface area contributed by atoms with Crippen LogP contribution in [0, 0.1) is 34.5 Å². The van der Waals surface area contributed by atoms with Crippen LogP contribution < -0.4 is 0 Å². The highest BCUT2D eigenvalue weighted by atomic mass is 16.7. The molecule has 4 saturated carbocycles. The Labute approximate surface area is 172 Å². The number of rotatable bonds is 1. The molecule has 0 unspecified atom stereocenters. The number of ether oxygens (including phenoxy) is 2. The van der Waals surface area contributed by atoms with Crippen molar-refractivity contribution < 1.29 is 19.4 Å². The summed E-state index contributed by atoms with van der Waals surface area (Å²) in [5.41, 5.74) is -0.0331. The van der Waals surface area contributed by atoms with E-state index in [2.05, 4.69) is 6.92 Å². The molecule has 0 radical (unpaired) electrons. The second-order valence-electron chi connectivity index (χ2n) is 9.77. The van der Waals surface area contributed by atoms with Crippen LogP contribution in [0.5, 0.6) is 0 Å². The van der Waals surface area contributed by atoms with Crippen molar-refractivity contribution in [1.82, 2.24) is 0 Å². The van der Waals surface area contributed by atoms with Crippen LogP contribution >= 0.6 is 0 Å². The summed E-state index contributed by atoms with van der Waals surface area (Å²) >= 11 is 0. The Bertz CT molecular complexity index is 569. The number of hydrogen-bond acceptors (Lipinski definition) is 4. The number of fused-ring (bicyclic) bond motifs is 5. The SMILES string of the molecule is C.C.C.C[C@]12CC[C@H]3[C@@H](CC[C@H]4CC5(CC[C@@]43CO)OCCO5)[C@@H]1CCC2=O. The molecule has 5 aliphatic rings. The van der Waals surface area contributed by atoms with Crippen molar-refractivity contribution in [1.29, 1.82) is 0 Å². The van der Waals surface area contributed by atoms with Crippen molar-refractivity contribution in [3.63, 3.8) is 0 Å². The Morgan fingerprint density at radius 1 is 0.964 bits per heavy atom. The molecule has 0 aromatic rings. The first-order valence-electron chi connectivity index (χ1n) is 10.5. The van der Waals surface area contributed by atoms with Crippen molar-refractivity contribution in [3.8, 4) is 0 Å². The zero-order valence-electron chi connectivity index (χ0n) is 15.5. The first kappa shape index (κ1) is 23.8. The summed E-state index contributed by atoms with van der Waals surface area (Å²) in [5.74, 6) is 2.42. The Morgan fingerprint density at radius 2 is 1.68 bits per heavy atom. The summed E-state index contributed by atoms with van der Waals surface area (Å²) in [6.45, 7) is 3.96. The number of carbonyl (C=O) groups excluding carboxylic acids is 1. The molecule has 1 saturated heterocycles. The molecule has 4 aliphatic carbocycles. The predicted octanol–water partition coefficient (Wildman–Crippen LogP) is 5.22. The van der Waals surface area contributed by atoms with Gasteiger partial charge in [-0.25, -0.2) is 0 Å². The molecule has 0 aromatic heterocycles. The van der Waals surface area contributed by atoms with Gasteiger partial charge in [0.25, 0.3) is 0 Å². The van der Waals surface area contributed by atoms with E-state index in [1.54, 1.807) is 0 Å². The minimum Gasteiger partial charge on any atom is -0.396 e. The van der Waals surface area contributed by atoms with Crippen molar-refractivity contribution in [2.45, 2.75) is 92.8 Å². The predicted molar refractivity (Wildman–Crippen MR) is 113 cm³/mol. The first-order chi connectivity index (χ1) is 12.0. The minimum absolute atomic E-state index is 0. The molecule has 5 fully saturated rings. The van der Waals surface area contributed by atoms with Crippen LogP contribution in [0.3, 0.4) is 0 Å². The number of Topliss-reactive ketones (excluding diaryl/α,β-unsaturated/α-hetero) is 1. The number of carbonyl (C=O) groups is 1. The van der Waals surface area contributed by atoms with Gasteiger partial charge in [-0.05, 0) is 67.6 Å². The van der Waals surface area contributed by atoms with E-state index in [1.165, 1.54) is 6.42 Å². The van der Waals surface area contributed by atoms with E-state index in [1.807, 2.05) is 0 Å². The van der Waals surface area contributed by atoms with Gasteiger partial charge in [0.15, 0.2) is 5.79 Å². The summed E-state index contributed by atoms with van der Waals surface area (Å²) < 4.78 is 12.0. The van der Waals surface area contributed by atoms with Crippen molar-refractivity contribution in [2.75, 3.05) is 19.8 Å². The maximum absolute atomic E-state index is 12.5. The van der Waals surface area contributed by atoms with Crippen LogP contribution in [0.4, 0.5) is 0 Å². The lowest BCUT2D eigenvalue weighted by Gasteiger charge is -2.61. The van der Waals surface area contributed by atoms with Gasteiger partial charge in [0.2, 0.25) is 0 Å². The molecule has 164 valence electrons. The van der Waals surface area contributed by atoms with E-state index in [0.29, 0.717) is 49.3 Å². The van der Waals surface area contributed by atoms with Gasteiger partial charge in [-0.15, -0.1) is 0 Å². The molecule has 0 bridgehead atoms. The maximum Gasteiger partial charge on any atom is 0.168 e. The van der Waals surface area contributed by atoms with Crippen LogP contribution in [-0.2, 0) is 14.3 Å². The van der Waals surface area contributed by atoms with Crippen LogP contribution in [0.25, 0.3) is 0 Å². The van der Waals surface area contributed by atoms with Crippen molar-refractivity contribution in [2.24, 2.45) is 34.5 Å². The van der Waals surface area contributed by atoms with Gasteiger partial charge in [-0.3, -0.25) is 4.79 Å². The largest absolute Gasteiger partial charge is 0.396 e. The fourth-order valence-electron chi connectivity index (χ4n) is 7.84. The number of aliphatic hydroxyl groups excluding tert-OH is 1. The maximum atomic E-state index is 12.5. The summed E-state index contributed by atoms with van der Waals surface area (Å²) in [6, 6.07) is 0. The van der Waals surface area contributed by atoms with Crippen LogP contribution in [0.1, 0.15) is 87.0 Å². The van der Waals surface area contributed by atoms with Crippen LogP contribution in [0.2, 0.25) is 0 Å². The summed E-state index contributed by atoms with van der Waals surface area (Å²) in [7, 11) is 0. The zero-order chi connectivity index (χ0) is 17.3. The van der Waals surface area contributed by atoms with Gasteiger partial charge >= 0.3 is 0 Å². The molecular formula is C24H44O4. The van der Waals surface area contributed by atoms with Gasteiger partial charge in [0, 0.05) is 31.3 Å². The highest BCUT2D eigenvalue weighted by Crippen LogP contribution is 2.66. The average molecular weight is 397 g/mol. The summed E-state index contributed by atoms with van der Waals surface area (Å²) in [4.78, 5) is 12.5. The van der Waals surface area contributed by atoms with Gasteiger partial charge in [-0.1, -0.05) is 29.2 Å². The van der Waals surface area contributed by atoms with E-state index in [9.17, 15) is 9.90 Å². The smallest absolute Gasteiger partial charge is 0.168 e. The van der Waals surface area contributed by atoms with E-state index >= 15 is 0 Å². The molecule has 0 amide bonds. The normalized spacial score (nSPS) is 45.7. The first-order valence-corrected chi connectivity index (χ1v) is 10.5. The average Bonchev–Trinajstić information content (AvgIpc) is 3.19. The molecule has 6 atom stereocenters. The second kappa shape index (κ2) is 8.00. The lowest BCUT2D eigenvalue weighted by molar-refractivity contribution is -0.238. The molecule has 1 N–H and O–H groups in total. The quantitative estimate of drug-likeness (QED) is 0.660. The zero-order valence-corrected chi connectivity index (χ0v) is 15.5. The van der Waals surface area contributed by atoms with Crippen LogP contribution in [0.15, 0.2) is 0 Å². The standard InChI is InChI=1S/C21H32O4.3CH4/c1-19-7-6-17-15(16(19)4-5-18(19)23)3-2-14-12-21(24-10-11-25-21)9-8-20(14,17)13-22;;;/h14-17,22H,2-13H2,1H3;3*1H4/t14-,15-,16-,17-,19-,20+;;;/m0.../s1. The van der Waals surface area contributed by atoms with Crippen LogP contribution in [-0.4, -0.2) is 36.5 Å². The molecule has 4 nitrogen and oxygen atoms in total. The number of hydrogen-bond donors (Lipinski definition) is 1. The molecule has 1 aliphatic heterocycles. The molecule has 1 heterocycles. The Morgan fingerprint density at radius 3 is 2.36 bits per heavy atom. The topological polar surface area (TPSA) is 55.8 Å². The van der Waals surface area contributed by atoms with Gasteiger partial charge in [0.05, 0.1) is 13.2 Å². The molecule has 5 rings (SSSR count). The Kier molecular flexibility index (Phi) is 6.81. The van der Waals surface area contributed by atoms with E-state index in [0.717, 1.165) is 51.4 Å². The molecule has 4 heteroatoms. The highest BCUT2D eigenvalue weighted by Gasteiger charge is 2.63. The third kappa shape index (κ3) is 3.01. The number of ketones is 1. The molecular weight excluding hydrogens is 352 g/mol. The monoisotopic (exact) mass is 396 g/mol. The Hall–Kier alpha value is -0.450. The van der Waals surface area contributed by atoms with E-state index < -0.39 is 0 Å². The third-order valence-corrected chi connectivity index (χ3v) is 9.18. The summed E-state index contributed by atoms with van der Waals surface area (Å²) in [6.07, 6.45) is 9.30. The molecule has 1 spiro atoms. The van der Waals surface area contributed by atoms with Gasteiger partial charge in [0.1, 0.15) is 5.78 Å². The minimum atomic E-state index is -0.358. The lowest BCUT2D eigenvalue weighted by Crippen LogP contribution is -2.58. The van der Waals surface area contributed by atoms with Crippen molar-refractivity contribution >= 4 is 5.78 Å². The Balaban J connectivity index is 0.000000934. The van der Waals surface area contributed by atoms with E-state index in [-0.39, 0.29) is 38.9 Å². The van der Waals surface area contributed by atoms with E-state index in [4.69, 9.17) is 9.47 Å².